The summed E-state index contributed by atoms with van der Waals surface area (Å²) < 4.78 is 35.9. The van der Waals surface area contributed by atoms with Crippen molar-refractivity contribution in [2.75, 3.05) is 5.32 Å². The molecule has 1 aromatic rings. The highest BCUT2D eigenvalue weighted by Gasteiger charge is 2.19. The van der Waals surface area contributed by atoms with Gasteiger partial charge in [0.05, 0.1) is 0 Å². The lowest BCUT2D eigenvalue weighted by Gasteiger charge is -2.14. The van der Waals surface area contributed by atoms with Crippen LogP contribution in [-0.2, 0) is 13.8 Å². The van der Waals surface area contributed by atoms with Gasteiger partial charge in [-0.15, -0.1) is 0 Å². The van der Waals surface area contributed by atoms with Gasteiger partial charge < -0.3 is 5.32 Å². The Bertz CT molecular complexity index is 604. The largest absolute Gasteiger partial charge is 0.326 e. The first-order valence-electron chi connectivity index (χ1n) is 6.84. The van der Waals surface area contributed by atoms with Gasteiger partial charge in [-0.05, 0) is 31.0 Å². The Kier molecular flexibility index (Phi) is 6.61. The van der Waals surface area contributed by atoms with Crippen molar-refractivity contribution in [3.05, 3.63) is 24.0 Å². The molecule has 1 rings (SSSR count). The number of carbonyl (C=O) groups excluding carboxylic acids is 1. The highest BCUT2D eigenvalue weighted by molar-refractivity contribution is 8.13. The summed E-state index contributed by atoms with van der Waals surface area (Å²) in [5.74, 6) is -1.30. The van der Waals surface area contributed by atoms with Crippen LogP contribution in [-0.4, -0.2) is 14.3 Å². The maximum absolute atomic E-state index is 13.7. The summed E-state index contributed by atoms with van der Waals surface area (Å²) in [6.45, 7) is 3.97. The van der Waals surface area contributed by atoms with E-state index in [1.54, 1.807) is 0 Å². The van der Waals surface area contributed by atoms with Gasteiger partial charge in [-0.25, -0.2) is 12.8 Å². The van der Waals surface area contributed by atoms with Crippen molar-refractivity contribution in [2.45, 2.75) is 44.4 Å². The standard InChI is InChI=1S/C14H19ClFNO3S/c1-3-5-6-10(4-2)14(18)17-11-7-8-13(12(16)9-11)21(15,19)20/h7-10H,3-6H2,1-2H3,(H,17,18). The van der Waals surface area contributed by atoms with Gasteiger partial charge in [0.1, 0.15) is 10.7 Å². The van der Waals surface area contributed by atoms with Crippen molar-refractivity contribution in [2.24, 2.45) is 5.92 Å². The van der Waals surface area contributed by atoms with Gasteiger partial charge in [0.15, 0.2) is 0 Å². The normalized spacial score (nSPS) is 13.0. The van der Waals surface area contributed by atoms with Gasteiger partial charge in [-0.1, -0.05) is 26.7 Å². The van der Waals surface area contributed by atoms with Gasteiger partial charge >= 0.3 is 0 Å². The zero-order chi connectivity index (χ0) is 16.0. The molecule has 21 heavy (non-hydrogen) atoms. The summed E-state index contributed by atoms with van der Waals surface area (Å²) in [7, 11) is 0.970. The van der Waals surface area contributed by atoms with Gasteiger partial charge in [0, 0.05) is 22.3 Å². The molecule has 0 saturated heterocycles. The number of rotatable bonds is 7. The minimum atomic E-state index is -4.13. The van der Waals surface area contributed by atoms with Crippen molar-refractivity contribution in [3.63, 3.8) is 0 Å². The Hall–Kier alpha value is -1.14. The molecule has 0 heterocycles. The molecule has 0 fully saturated rings. The predicted octanol–water partition coefficient (Wildman–Crippen LogP) is 3.91. The number of anilines is 1. The van der Waals surface area contributed by atoms with Gasteiger partial charge in [0.25, 0.3) is 9.05 Å². The zero-order valence-corrected chi connectivity index (χ0v) is 13.6. The van der Waals surface area contributed by atoms with Crippen LogP contribution in [0.15, 0.2) is 23.1 Å². The van der Waals surface area contributed by atoms with E-state index in [1.807, 2.05) is 13.8 Å². The molecule has 1 amide bonds. The fourth-order valence-electron chi connectivity index (χ4n) is 1.99. The molecule has 4 nitrogen and oxygen atoms in total. The third-order valence-corrected chi connectivity index (χ3v) is 4.59. The van der Waals surface area contributed by atoms with Crippen molar-refractivity contribution in [3.8, 4) is 0 Å². The summed E-state index contributed by atoms with van der Waals surface area (Å²) in [5, 5.41) is 2.60. The van der Waals surface area contributed by atoms with Gasteiger partial charge in [0.2, 0.25) is 5.91 Å². The van der Waals surface area contributed by atoms with E-state index >= 15 is 0 Å². The van der Waals surface area contributed by atoms with Crippen molar-refractivity contribution in [1.82, 2.24) is 0 Å². The topological polar surface area (TPSA) is 63.2 Å². The SMILES string of the molecule is CCCCC(CC)C(=O)Nc1ccc(S(=O)(=O)Cl)c(F)c1. The molecule has 0 saturated carbocycles. The molecular weight excluding hydrogens is 317 g/mol. The van der Waals surface area contributed by atoms with E-state index in [2.05, 4.69) is 5.32 Å². The highest BCUT2D eigenvalue weighted by Crippen LogP contribution is 2.23. The third kappa shape index (κ3) is 5.28. The van der Waals surface area contributed by atoms with E-state index in [9.17, 15) is 17.6 Å². The van der Waals surface area contributed by atoms with Crippen LogP contribution in [0, 0.1) is 11.7 Å². The van der Waals surface area contributed by atoms with Gasteiger partial charge in [-0.2, -0.15) is 0 Å². The molecule has 1 N–H and O–H groups in total. The molecule has 0 aromatic heterocycles. The molecule has 1 atom stereocenters. The van der Waals surface area contributed by atoms with Crippen LogP contribution >= 0.6 is 10.7 Å². The van der Waals surface area contributed by atoms with E-state index in [4.69, 9.17) is 10.7 Å². The number of hydrogen-bond acceptors (Lipinski definition) is 3. The second-order valence-electron chi connectivity index (χ2n) is 4.82. The monoisotopic (exact) mass is 335 g/mol. The number of nitrogens with one attached hydrogen (secondary N) is 1. The first-order chi connectivity index (χ1) is 9.79. The summed E-state index contributed by atoms with van der Waals surface area (Å²) in [4.78, 5) is 11.5. The van der Waals surface area contributed by atoms with Crippen LogP contribution in [0.5, 0.6) is 0 Å². The van der Waals surface area contributed by atoms with Crippen LogP contribution in [0.4, 0.5) is 10.1 Å². The molecule has 0 radical (unpaired) electrons. The average Bonchev–Trinajstić information content (AvgIpc) is 2.38. The zero-order valence-electron chi connectivity index (χ0n) is 12.0. The number of benzene rings is 1. The van der Waals surface area contributed by atoms with E-state index in [0.717, 1.165) is 31.4 Å². The Morgan fingerprint density at radius 2 is 2.05 bits per heavy atom. The van der Waals surface area contributed by atoms with Crippen LogP contribution < -0.4 is 5.32 Å². The Balaban J connectivity index is 2.84. The molecule has 0 aliphatic rings. The molecule has 0 bridgehead atoms. The lowest BCUT2D eigenvalue weighted by Crippen LogP contribution is -2.22. The van der Waals surface area contributed by atoms with E-state index < -0.39 is 19.8 Å². The maximum Gasteiger partial charge on any atom is 0.264 e. The number of amides is 1. The summed E-state index contributed by atoms with van der Waals surface area (Å²) >= 11 is 0. The summed E-state index contributed by atoms with van der Waals surface area (Å²) in [6, 6.07) is 3.32. The number of carbonyl (C=O) groups is 1. The lowest BCUT2D eigenvalue weighted by molar-refractivity contribution is -0.120. The smallest absolute Gasteiger partial charge is 0.264 e. The second-order valence-corrected chi connectivity index (χ2v) is 7.35. The molecule has 7 heteroatoms. The molecule has 118 valence electrons. The van der Waals surface area contributed by atoms with Crippen LogP contribution in [0.3, 0.4) is 0 Å². The predicted molar refractivity (Wildman–Crippen MR) is 81.4 cm³/mol. The highest BCUT2D eigenvalue weighted by atomic mass is 35.7. The minimum Gasteiger partial charge on any atom is -0.326 e. The Labute approximate surface area is 129 Å². The fraction of sp³-hybridized carbons (Fsp3) is 0.500. The van der Waals surface area contributed by atoms with Crippen molar-refractivity contribution in [1.29, 1.82) is 0 Å². The summed E-state index contributed by atoms with van der Waals surface area (Å²) in [5.41, 5.74) is 0.219. The average molecular weight is 336 g/mol. The van der Waals surface area contributed by atoms with Gasteiger partial charge in [-0.3, -0.25) is 4.79 Å². The molecule has 0 spiro atoms. The third-order valence-electron chi connectivity index (χ3n) is 3.23. The van der Waals surface area contributed by atoms with Crippen molar-refractivity contribution >= 4 is 31.3 Å². The molecule has 1 aromatic carbocycles. The molecule has 0 aliphatic carbocycles. The first kappa shape index (κ1) is 17.9. The quantitative estimate of drug-likeness (QED) is 0.768. The van der Waals surface area contributed by atoms with E-state index in [1.165, 1.54) is 6.07 Å². The van der Waals surface area contributed by atoms with E-state index in [0.29, 0.717) is 6.42 Å². The first-order valence-corrected chi connectivity index (χ1v) is 9.15. The Morgan fingerprint density at radius 1 is 1.38 bits per heavy atom. The number of halogens is 2. The number of unbranched alkanes of at least 4 members (excludes halogenated alkanes) is 1. The summed E-state index contributed by atoms with van der Waals surface area (Å²) in [6.07, 6.45) is 3.42. The lowest BCUT2D eigenvalue weighted by atomic mass is 9.98. The second kappa shape index (κ2) is 7.75. The minimum absolute atomic E-state index is 0.135. The molecular formula is C14H19ClFNO3S. The Morgan fingerprint density at radius 3 is 2.52 bits per heavy atom. The number of hydrogen-bond donors (Lipinski definition) is 1. The maximum atomic E-state index is 13.7. The molecule has 1 unspecified atom stereocenters. The van der Waals surface area contributed by atoms with Crippen molar-refractivity contribution < 1.29 is 17.6 Å². The molecule has 0 aliphatic heterocycles. The van der Waals surface area contributed by atoms with Crippen LogP contribution in [0.25, 0.3) is 0 Å². The van der Waals surface area contributed by atoms with E-state index in [-0.39, 0.29) is 17.5 Å². The van der Waals surface area contributed by atoms with Crippen LogP contribution in [0.2, 0.25) is 0 Å². The fourth-order valence-corrected chi connectivity index (χ4v) is 2.89. The van der Waals surface area contributed by atoms with Crippen LogP contribution in [0.1, 0.15) is 39.5 Å².